The summed E-state index contributed by atoms with van der Waals surface area (Å²) in [6, 6.07) is 0. The molecular weight excluding hydrogens is 152 g/mol. The first-order valence-corrected chi connectivity index (χ1v) is 3.79. The van der Waals surface area contributed by atoms with Crippen molar-refractivity contribution < 1.29 is 9.84 Å². The van der Waals surface area contributed by atoms with Gasteiger partial charge in [0.25, 0.3) is 0 Å². The Hall–Kier alpha value is -0.0500. The number of allylic oxidation sites excluding steroid dienone is 1. The highest BCUT2D eigenvalue weighted by Crippen LogP contribution is 1.88. The quantitative estimate of drug-likeness (QED) is 0.376. The maximum atomic E-state index is 9.02. The second-order valence-corrected chi connectivity index (χ2v) is 2.23. The number of rotatable bonds is 5. The van der Waals surface area contributed by atoms with Crippen LogP contribution in [0, 0.1) is 0 Å². The lowest BCUT2D eigenvalue weighted by Crippen LogP contribution is -2.12. The number of ether oxygens (including phenoxy) is 1. The smallest absolute Gasteiger partial charge is 0.0954 e. The van der Waals surface area contributed by atoms with Crippen molar-refractivity contribution in [1.29, 1.82) is 0 Å². The highest BCUT2D eigenvalue weighted by atomic mass is 35.5. The zero-order valence-electron chi connectivity index (χ0n) is 6.09. The Morgan fingerprint density at radius 1 is 1.70 bits per heavy atom. The molecule has 1 unspecified atom stereocenters. The third kappa shape index (κ3) is 6.08. The first-order chi connectivity index (χ1) is 4.81. The van der Waals surface area contributed by atoms with Crippen LogP contribution in [-0.4, -0.2) is 30.3 Å². The van der Waals surface area contributed by atoms with E-state index >= 15 is 0 Å². The molecule has 0 aromatic rings. The molecule has 3 heteroatoms. The molecule has 0 amide bonds. The number of aliphatic hydroxyl groups excluding tert-OH is 1. The zero-order valence-corrected chi connectivity index (χ0v) is 6.84. The Morgan fingerprint density at radius 3 is 2.90 bits per heavy atom. The van der Waals surface area contributed by atoms with Crippen molar-refractivity contribution in [1.82, 2.24) is 0 Å². The predicted octanol–water partition coefficient (Wildman–Crippen LogP) is 1.18. The van der Waals surface area contributed by atoms with Gasteiger partial charge in [-0.2, -0.15) is 0 Å². The molecule has 0 aliphatic heterocycles. The molecule has 0 bridgehead atoms. The molecule has 1 N–H and O–H groups in total. The van der Waals surface area contributed by atoms with Gasteiger partial charge in [0.15, 0.2) is 0 Å². The second-order valence-electron chi connectivity index (χ2n) is 1.86. The van der Waals surface area contributed by atoms with Crippen molar-refractivity contribution in [2.24, 2.45) is 0 Å². The minimum absolute atomic E-state index is 0.330. The molecule has 1 atom stereocenters. The van der Waals surface area contributed by atoms with Crippen molar-refractivity contribution in [3.05, 3.63) is 12.2 Å². The molecule has 0 saturated heterocycles. The molecule has 0 aromatic heterocycles. The fraction of sp³-hybridized carbons (Fsp3) is 0.714. The van der Waals surface area contributed by atoms with Crippen LogP contribution < -0.4 is 0 Å². The standard InChI is InChI=1S/C7H13ClO2/c1-2-3-7(9)6-10-5-4-8/h2-3,7,9H,4-6H2,1H3/b3-2+. The predicted molar refractivity (Wildman–Crippen MR) is 42.4 cm³/mol. The second kappa shape index (κ2) is 7.06. The van der Waals surface area contributed by atoms with Crippen molar-refractivity contribution in [2.45, 2.75) is 13.0 Å². The lowest BCUT2D eigenvalue weighted by molar-refractivity contribution is 0.0678. The summed E-state index contributed by atoms with van der Waals surface area (Å²) in [5.41, 5.74) is 0. The molecule has 0 radical (unpaired) electrons. The highest BCUT2D eigenvalue weighted by Gasteiger charge is 1.95. The molecule has 0 aliphatic carbocycles. The maximum Gasteiger partial charge on any atom is 0.0954 e. The SMILES string of the molecule is C/C=C/C(O)COCCCl. The lowest BCUT2D eigenvalue weighted by atomic mass is 10.3. The van der Waals surface area contributed by atoms with Gasteiger partial charge in [-0.05, 0) is 6.92 Å². The van der Waals surface area contributed by atoms with Crippen LogP contribution in [0.5, 0.6) is 0 Å². The van der Waals surface area contributed by atoms with Gasteiger partial charge in [-0.15, -0.1) is 11.6 Å². The van der Waals surface area contributed by atoms with Gasteiger partial charge in [-0.25, -0.2) is 0 Å². The molecule has 10 heavy (non-hydrogen) atoms. The summed E-state index contributed by atoms with van der Waals surface area (Å²) in [5, 5.41) is 9.02. The minimum atomic E-state index is -0.492. The van der Waals surface area contributed by atoms with Crippen molar-refractivity contribution in [3.63, 3.8) is 0 Å². The largest absolute Gasteiger partial charge is 0.387 e. The highest BCUT2D eigenvalue weighted by molar-refractivity contribution is 6.17. The molecule has 60 valence electrons. The van der Waals surface area contributed by atoms with Crippen LogP contribution in [0.3, 0.4) is 0 Å². The third-order valence-corrected chi connectivity index (χ3v) is 1.08. The van der Waals surface area contributed by atoms with Gasteiger partial charge in [0.05, 0.1) is 19.3 Å². The topological polar surface area (TPSA) is 29.5 Å². The van der Waals surface area contributed by atoms with E-state index in [0.29, 0.717) is 19.1 Å². The molecule has 0 aromatic carbocycles. The van der Waals surface area contributed by atoms with Crippen LogP contribution >= 0.6 is 11.6 Å². The molecule has 0 spiro atoms. The van der Waals surface area contributed by atoms with Crippen LogP contribution in [0.25, 0.3) is 0 Å². The molecule has 0 heterocycles. The fourth-order valence-electron chi connectivity index (χ4n) is 0.536. The van der Waals surface area contributed by atoms with E-state index in [2.05, 4.69) is 0 Å². The van der Waals surface area contributed by atoms with Crippen molar-refractivity contribution >= 4 is 11.6 Å². The number of aliphatic hydroxyl groups is 1. The molecule has 0 aliphatic rings. The molecule has 0 saturated carbocycles. The normalized spacial score (nSPS) is 14.3. The fourth-order valence-corrected chi connectivity index (χ4v) is 0.645. The van der Waals surface area contributed by atoms with Crippen LogP contribution in [0.4, 0.5) is 0 Å². The van der Waals surface area contributed by atoms with Crippen molar-refractivity contribution in [2.75, 3.05) is 19.1 Å². The Kier molecular flexibility index (Phi) is 7.03. The maximum absolute atomic E-state index is 9.02. The molecule has 0 rings (SSSR count). The van der Waals surface area contributed by atoms with Gasteiger partial charge in [0.2, 0.25) is 0 Å². The average molecular weight is 165 g/mol. The average Bonchev–Trinajstić information content (AvgIpc) is 1.89. The van der Waals surface area contributed by atoms with E-state index in [9.17, 15) is 0 Å². The number of hydrogen-bond acceptors (Lipinski definition) is 2. The van der Waals surface area contributed by atoms with E-state index in [1.807, 2.05) is 6.92 Å². The van der Waals surface area contributed by atoms with Gasteiger partial charge in [-0.3, -0.25) is 0 Å². The summed E-state index contributed by atoms with van der Waals surface area (Å²) < 4.78 is 4.96. The van der Waals surface area contributed by atoms with Crippen molar-refractivity contribution in [3.8, 4) is 0 Å². The number of hydrogen-bond donors (Lipinski definition) is 1. The van der Waals surface area contributed by atoms with E-state index in [1.54, 1.807) is 12.2 Å². The van der Waals surface area contributed by atoms with E-state index in [-0.39, 0.29) is 0 Å². The first-order valence-electron chi connectivity index (χ1n) is 3.26. The van der Waals surface area contributed by atoms with E-state index in [4.69, 9.17) is 21.4 Å². The summed E-state index contributed by atoms with van der Waals surface area (Å²) in [5.74, 6) is 0.475. The van der Waals surface area contributed by atoms with Gasteiger partial charge in [0.1, 0.15) is 0 Å². The Morgan fingerprint density at radius 2 is 2.40 bits per heavy atom. The Bertz CT molecular complexity index is 93.6. The lowest BCUT2D eigenvalue weighted by Gasteiger charge is -2.04. The molecular formula is C7H13ClO2. The van der Waals surface area contributed by atoms with E-state index in [1.165, 1.54) is 0 Å². The minimum Gasteiger partial charge on any atom is -0.387 e. The van der Waals surface area contributed by atoms with Crippen LogP contribution in [0.2, 0.25) is 0 Å². The van der Waals surface area contributed by atoms with Crippen LogP contribution in [0.1, 0.15) is 6.92 Å². The summed E-state index contributed by atoms with van der Waals surface area (Å²) in [7, 11) is 0. The first kappa shape index (κ1) is 9.95. The number of halogens is 1. The summed E-state index contributed by atoms with van der Waals surface area (Å²) in [6.45, 7) is 2.68. The summed E-state index contributed by atoms with van der Waals surface area (Å²) in [6.07, 6.45) is 2.97. The third-order valence-electron chi connectivity index (χ3n) is 0.925. The monoisotopic (exact) mass is 164 g/mol. The molecule has 2 nitrogen and oxygen atoms in total. The van der Waals surface area contributed by atoms with E-state index in [0.717, 1.165) is 0 Å². The molecule has 0 fully saturated rings. The van der Waals surface area contributed by atoms with Crippen LogP contribution in [-0.2, 0) is 4.74 Å². The Balaban J connectivity index is 3.13. The van der Waals surface area contributed by atoms with Gasteiger partial charge < -0.3 is 9.84 Å². The van der Waals surface area contributed by atoms with Gasteiger partial charge >= 0.3 is 0 Å². The summed E-state index contributed by atoms with van der Waals surface area (Å²) in [4.78, 5) is 0. The van der Waals surface area contributed by atoms with Gasteiger partial charge in [-0.1, -0.05) is 12.2 Å². The van der Waals surface area contributed by atoms with Gasteiger partial charge in [0, 0.05) is 5.88 Å². The zero-order chi connectivity index (χ0) is 7.82. The van der Waals surface area contributed by atoms with E-state index < -0.39 is 6.10 Å². The van der Waals surface area contributed by atoms with Crippen LogP contribution in [0.15, 0.2) is 12.2 Å². The number of alkyl halides is 1. The summed E-state index contributed by atoms with van der Waals surface area (Å²) >= 11 is 5.34. The Labute approximate surface area is 66.5 Å².